The van der Waals surface area contributed by atoms with Gasteiger partial charge >= 0.3 is 0 Å². The number of hydrogen-bond donors (Lipinski definition) is 0. The molecule has 0 unspecified atom stereocenters. The average molecular weight is 378 g/mol. The first kappa shape index (κ1) is 20.6. The molecule has 0 radical (unpaired) electrons. The molecule has 2 aromatic rings. The summed E-state index contributed by atoms with van der Waals surface area (Å²) in [6, 6.07) is 9.29. The highest BCUT2D eigenvalue weighted by molar-refractivity contribution is 7.90. The van der Waals surface area contributed by atoms with Crippen molar-refractivity contribution in [3.8, 4) is 0 Å². The minimum absolute atomic E-state index is 0.0198. The van der Waals surface area contributed by atoms with E-state index in [9.17, 15) is 8.42 Å². The Balaban J connectivity index is 2.29. The van der Waals surface area contributed by atoms with E-state index in [1.54, 1.807) is 6.20 Å². The highest BCUT2D eigenvalue weighted by Crippen LogP contribution is 2.20. The summed E-state index contributed by atoms with van der Waals surface area (Å²) in [4.78, 5) is 6.55. The van der Waals surface area contributed by atoms with Crippen molar-refractivity contribution in [2.45, 2.75) is 57.6 Å². The zero-order valence-corrected chi connectivity index (χ0v) is 17.2. The first-order valence-electron chi connectivity index (χ1n) is 9.33. The minimum atomic E-state index is -3.49. The lowest BCUT2D eigenvalue weighted by Gasteiger charge is -2.19. The Morgan fingerprint density at radius 2 is 1.88 bits per heavy atom. The largest absolute Gasteiger partial charge is 0.317 e. The molecule has 1 aromatic heterocycles. The number of aromatic nitrogens is 2. The van der Waals surface area contributed by atoms with Crippen LogP contribution in [0.1, 0.15) is 44.9 Å². The number of hydrogen-bond acceptors (Lipinski definition) is 4. The summed E-state index contributed by atoms with van der Waals surface area (Å²) < 4.78 is 27.9. The Morgan fingerprint density at radius 3 is 2.50 bits per heavy atom. The molecule has 2 rings (SSSR count). The number of imidazole rings is 1. The van der Waals surface area contributed by atoms with Crippen LogP contribution >= 0.6 is 0 Å². The van der Waals surface area contributed by atoms with Gasteiger partial charge in [-0.3, -0.25) is 0 Å². The maximum Gasteiger partial charge on any atom is 0.228 e. The fourth-order valence-corrected chi connectivity index (χ4v) is 4.47. The van der Waals surface area contributed by atoms with Gasteiger partial charge in [-0.2, -0.15) is 0 Å². The van der Waals surface area contributed by atoms with Gasteiger partial charge < -0.3 is 9.47 Å². The van der Waals surface area contributed by atoms with Crippen LogP contribution in [0, 0.1) is 5.92 Å². The molecule has 0 fully saturated rings. The molecule has 0 N–H and O–H groups in total. The van der Waals surface area contributed by atoms with Gasteiger partial charge in [0.2, 0.25) is 15.0 Å². The van der Waals surface area contributed by atoms with Crippen molar-refractivity contribution in [2.24, 2.45) is 5.92 Å². The molecule has 26 heavy (non-hydrogen) atoms. The normalized spacial score (nSPS) is 12.2. The fourth-order valence-electron chi connectivity index (χ4n) is 2.97. The predicted molar refractivity (Wildman–Crippen MR) is 106 cm³/mol. The van der Waals surface area contributed by atoms with Gasteiger partial charge in [0.25, 0.3) is 0 Å². The van der Waals surface area contributed by atoms with Gasteiger partial charge in [-0.05, 0) is 31.5 Å². The van der Waals surface area contributed by atoms with Crippen LogP contribution in [0.25, 0.3) is 0 Å². The van der Waals surface area contributed by atoms with Crippen LogP contribution in [0.5, 0.6) is 0 Å². The van der Waals surface area contributed by atoms with Crippen molar-refractivity contribution >= 4 is 9.84 Å². The van der Waals surface area contributed by atoms with E-state index in [0.29, 0.717) is 19.0 Å². The molecule has 144 valence electrons. The fraction of sp³-hybridized carbons (Fsp3) is 0.550. The quantitative estimate of drug-likeness (QED) is 0.633. The van der Waals surface area contributed by atoms with Gasteiger partial charge in [0.15, 0.2) is 0 Å². The second-order valence-electron chi connectivity index (χ2n) is 7.37. The molecule has 0 amide bonds. The third kappa shape index (κ3) is 5.68. The van der Waals surface area contributed by atoms with Crippen molar-refractivity contribution in [2.75, 3.05) is 13.6 Å². The first-order valence-corrected chi connectivity index (χ1v) is 11.0. The molecule has 0 aliphatic carbocycles. The molecule has 0 saturated carbocycles. The minimum Gasteiger partial charge on any atom is -0.317 e. The van der Waals surface area contributed by atoms with Crippen molar-refractivity contribution < 1.29 is 8.42 Å². The van der Waals surface area contributed by atoms with Crippen molar-refractivity contribution in [1.29, 1.82) is 0 Å². The van der Waals surface area contributed by atoms with E-state index in [1.807, 2.05) is 34.9 Å². The monoisotopic (exact) mass is 377 g/mol. The molecule has 0 saturated heterocycles. The third-order valence-electron chi connectivity index (χ3n) is 4.25. The van der Waals surface area contributed by atoms with Gasteiger partial charge in [0, 0.05) is 13.1 Å². The maximum absolute atomic E-state index is 13.0. The molecule has 0 bridgehead atoms. The lowest BCUT2D eigenvalue weighted by Crippen LogP contribution is -2.23. The smallest absolute Gasteiger partial charge is 0.228 e. The summed E-state index contributed by atoms with van der Waals surface area (Å²) in [6.07, 6.45) is 4.00. The summed E-state index contributed by atoms with van der Waals surface area (Å²) >= 11 is 0. The Bertz CT molecular complexity index is 783. The number of benzene rings is 1. The Morgan fingerprint density at radius 1 is 1.19 bits per heavy atom. The van der Waals surface area contributed by atoms with Gasteiger partial charge in [-0.25, -0.2) is 13.4 Å². The van der Waals surface area contributed by atoms with Gasteiger partial charge in [-0.15, -0.1) is 0 Å². The summed E-state index contributed by atoms with van der Waals surface area (Å²) in [6.45, 7) is 8.72. The highest BCUT2D eigenvalue weighted by Gasteiger charge is 2.24. The molecule has 1 heterocycles. The maximum atomic E-state index is 13.0. The van der Waals surface area contributed by atoms with E-state index >= 15 is 0 Å². The van der Waals surface area contributed by atoms with E-state index in [1.165, 1.54) is 0 Å². The van der Waals surface area contributed by atoms with Crippen LogP contribution in [0.15, 0.2) is 41.7 Å². The molecular formula is C20H31N3O2S. The zero-order valence-electron chi connectivity index (χ0n) is 16.4. The summed E-state index contributed by atoms with van der Waals surface area (Å²) in [5.74, 6) is 0.322. The molecule has 0 aliphatic heterocycles. The summed E-state index contributed by atoms with van der Waals surface area (Å²) in [7, 11) is -1.42. The Kier molecular flexibility index (Phi) is 7.41. The van der Waals surface area contributed by atoms with Crippen LogP contribution in [0.3, 0.4) is 0 Å². The topological polar surface area (TPSA) is 55.2 Å². The molecule has 0 aliphatic rings. The predicted octanol–water partition coefficient (Wildman–Crippen LogP) is 3.74. The first-order chi connectivity index (χ1) is 12.3. The number of nitrogens with zero attached hydrogens (tertiary/aromatic N) is 3. The van der Waals surface area contributed by atoms with E-state index in [-0.39, 0.29) is 10.9 Å². The van der Waals surface area contributed by atoms with E-state index < -0.39 is 9.84 Å². The molecular weight excluding hydrogens is 346 g/mol. The zero-order chi connectivity index (χ0) is 19.2. The average Bonchev–Trinajstić information content (AvgIpc) is 2.96. The SMILES string of the molecule is CCCCN(C)Cc1cnc(S(=O)(=O)Cc2ccccc2)n1CC(C)C. The van der Waals surface area contributed by atoms with Crippen molar-refractivity contribution in [3.63, 3.8) is 0 Å². The lowest BCUT2D eigenvalue weighted by molar-refractivity contribution is 0.306. The van der Waals surface area contributed by atoms with E-state index in [0.717, 1.165) is 30.6 Å². The van der Waals surface area contributed by atoms with E-state index in [2.05, 4.69) is 37.7 Å². The van der Waals surface area contributed by atoms with Gasteiger partial charge in [-0.1, -0.05) is 57.5 Å². The Labute approximate surface area is 158 Å². The summed E-state index contributed by atoms with van der Waals surface area (Å²) in [5.41, 5.74) is 1.75. The Hall–Kier alpha value is -1.66. The van der Waals surface area contributed by atoms with E-state index in [4.69, 9.17) is 0 Å². The number of rotatable bonds is 10. The summed E-state index contributed by atoms with van der Waals surface area (Å²) in [5, 5.41) is 0.189. The lowest BCUT2D eigenvalue weighted by atomic mass is 10.2. The highest BCUT2D eigenvalue weighted by atomic mass is 32.2. The molecule has 1 aromatic carbocycles. The molecule has 0 atom stereocenters. The number of sulfone groups is 1. The molecule has 6 heteroatoms. The van der Waals surface area contributed by atoms with Crippen LogP contribution < -0.4 is 0 Å². The van der Waals surface area contributed by atoms with Gasteiger partial charge in [0.05, 0.1) is 17.6 Å². The standard InChI is InChI=1S/C20H31N3O2S/c1-5-6-12-22(4)15-19-13-21-20(23(19)14-17(2)3)26(24,25)16-18-10-8-7-9-11-18/h7-11,13,17H,5-6,12,14-16H2,1-4H3. The number of unbranched alkanes of at least 4 members (excludes halogenated alkanes) is 1. The second kappa shape index (κ2) is 9.33. The van der Waals surface area contributed by atoms with Crippen LogP contribution in [0.4, 0.5) is 0 Å². The second-order valence-corrected chi connectivity index (χ2v) is 9.26. The van der Waals surface area contributed by atoms with Crippen LogP contribution in [0.2, 0.25) is 0 Å². The van der Waals surface area contributed by atoms with Crippen LogP contribution in [-0.4, -0.2) is 36.5 Å². The molecule has 5 nitrogen and oxygen atoms in total. The molecule has 0 spiro atoms. The third-order valence-corrected chi connectivity index (χ3v) is 5.85. The van der Waals surface area contributed by atoms with Crippen LogP contribution in [-0.2, 0) is 28.7 Å². The van der Waals surface area contributed by atoms with Gasteiger partial charge in [0.1, 0.15) is 0 Å². The van der Waals surface area contributed by atoms with Crippen molar-refractivity contribution in [1.82, 2.24) is 14.5 Å². The van der Waals surface area contributed by atoms with Crippen molar-refractivity contribution in [3.05, 3.63) is 47.8 Å².